The Kier molecular flexibility index (Phi) is 5.65. The van der Waals surface area contributed by atoms with Gasteiger partial charge in [-0.3, -0.25) is 4.79 Å². The zero-order valence-corrected chi connectivity index (χ0v) is 11.6. The number of hydrogen-bond acceptors (Lipinski definition) is 3. The van der Waals surface area contributed by atoms with E-state index in [1.54, 1.807) is 19.0 Å². The van der Waals surface area contributed by atoms with E-state index in [1.807, 2.05) is 38.1 Å². The van der Waals surface area contributed by atoms with Crippen LogP contribution >= 0.6 is 0 Å². The fourth-order valence-electron chi connectivity index (χ4n) is 1.58. The summed E-state index contributed by atoms with van der Waals surface area (Å²) in [7, 11) is 3.57. The van der Waals surface area contributed by atoms with Crippen LogP contribution in [0.3, 0.4) is 0 Å². The lowest BCUT2D eigenvalue weighted by molar-refractivity contribution is -0.131. The molecule has 4 nitrogen and oxygen atoms in total. The van der Waals surface area contributed by atoms with Gasteiger partial charge in [-0.15, -0.1) is 0 Å². The lowest BCUT2D eigenvalue weighted by Gasteiger charge is -2.21. The molecule has 0 bridgehead atoms. The Hall–Kier alpha value is -1.55. The van der Waals surface area contributed by atoms with Gasteiger partial charge in [-0.2, -0.15) is 0 Å². The highest BCUT2D eigenvalue weighted by Gasteiger charge is 2.15. The van der Waals surface area contributed by atoms with Crippen molar-refractivity contribution in [3.63, 3.8) is 0 Å². The van der Waals surface area contributed by atoms with Gasteiger partial charge in [0.1, 0.15) is 12.4 Å². The maximum absolute atomic E-state index is 11.8. The van der Waals surface area contributed by atoms with Crippen molar-refractivity contribution in [1.29, 1.82) is 0 Å². The van der Waals surface area contributed by atoms with Gasteiger partial charge in [0.25, 0.3) is 0 Å². The molecule has 18 heavy (non-hydrogen) atoms. The van der Waals surface area contributed by atoms with E-state index in [4.69, 9.17) is 4.74 Å². The monoisotopic (exact) mass is 250 g/mol. The molecule has 1 rings (SSSR count). The molecular formula is C14H22N2O2. The standard InChI is InChI=1S/C14H22N2O2/c1-11-7-5-6-8-13(11)18-10-9-16(4)14(17)12(2)15-3/h5-8,12,15H,9-10H2,1-4H3. The van der Waals surface area contributed by atoms with Crippen LogP contribution in [0.15, 0.2) is 24.3 Å². The molecule has 4 heteroatoms. The minimum absolute atomic E-state index is 0.0749. The van der Waals surface area contributed by atoms with Gasteiger partial charge in [0.05, 0.1) is 12.6 Å². The van der Waals surface area contributed by atoms with Crippen molar-refractivity contribution in [1.82, 2.24) is 10.2 Å². The molecule has 1 N–H and O–H groups in total. The second-order valence-electron chi connectivity index (χ2n) is 4.38. The predicted molar refractivity (Wildman–Crippen MR) is 72.8 cm³/mol. The molecule has 1 aromatic carbocycles. The maximum atomic E-state index is 11.8. The van der Waals surface area contributed by atoms with E-state index in [-0.39, 0.29) is 11.9 Å². The van der Waals surface area contributed by atoms with E-state index in [0.29, 0.717) is 13.2 Å². The van der Waals surface area contributed by atoms with Crippen LogP contribution in [-0.2, 0) is 4.79 Å². The molecule has 0 fully saturated rings. The summed E-state index contributed by atoms with van der Waals surface area (Å²) in [6.07, 6.45) is 0. The molecule has 0 radical (unpaired) electrons. The van der Waals surface area contributed by atoms with Gasteiger partial charge in [-0.05, 0) is 32.5 Å². The van der Waals surface area contributed by atoms with Gasteiger partial charge in [0.15, 0.2) is 0 Å². The minimum Gasteiger partial charge on any atom is -0.491 e. The van der Waals surface area contributed by atoms with Crippen molar-refractivity contribution in [2.24, 2.45) is 0 Å². The summed E-state index contributed by atoms with van der Waals surface area (Å²) in [5.41, 5.74) is 1.11. The molecule has 0 heterocycles. The summed E-state index contributed by atoms with van der Waals surface area (Å²) in [6.45, 7) is 4.94. The fraction of sp³-hybridized carbons (Fsp3) is 0.500. The van der Waals surface area contributed by atoms with Crippen LogP contribution in [0.2, 0.25) is 0 Å². The Balaban J connectivity index is 2.38. The highest BCUT2D eigenvalue weighted by atomic mass is 16.5. The number of rotatable bonds is 6. The first kappa shape index (κ1) is 14.5. The van der Waals surface area contributed by atoms with Gasteiger partial charge in [-0.1, -0.05) is 18.2 Å². The maximum Gasteiger partial charge on any atom is 0.239 e. The fourth-order valence-corrected chi connectivity index (χ4v) is 1.58. The Labute approximate surface area is 109 Å². The normalized spacial score (nSPS) is 12.0. The highest BCUT2D eigenvalue weighted by molar-refractivity contribution is 5.81. The number of hydrogen-bond donors (Lipinski definition) is 1. The molecule has 1 atom stereocenters. The molecule has 0 saturated carbocycles. The summed E-state index contributed by atoms with van der Waals surface area (Å²) in [4.78, 5) is 13.5. The number of nitrogens with one attached hydrogen (secondary N) is 1. The zero-order valence-electron chi connectivity index (χ0n) is 11.6. The average molecular weight is 250 g/mol. The van der Waals surface area contributed by atoms with Crippen molar-refractivity contribution in [3.8, 4) is 5.75 Å². The molecular weight excluding hydrogens is 228 g/mol. The molecule has 0 aliphatic heterocycles. The highest BCUT2D eigenvalue weighted by Crippen LogP contribution is 2.15. The van der Waals surface area contributed by atoms with Crippen LogP contribution < -0.4 is 10.1 Å². The minimum atomic E-state index is -0.159. The number of likely N-dealkylation sites (N-methyl/N-ethyl adjacent to an activating group) is 2. The Morgan fingerprint density at radius 1 is 1.44 bits per heavy atom. The quantitative estimate of drug-likeness (QED) is 0.830. The van der Waals surface area contributed by atoms with E-state index in [2.05, 4.69) is 5.32 Å². The number of aryl methyl sites for hydroxylation is 1. The number of benzene rings is 1. The summed E-state index contributed by atoms with van der Waals surface area (Å²) in [5, 5.41) is 2.93. The van der Waals surface area contributed by atoms with Crippen LogP contribution in [-0.4, -0.2) is 44.1 Å². The number of nitrogens with zero attached hydrogens (tertiary/aromatic N) is 1. The number of ether oxygens (including phenoxy) is 1. The van der Waals surface area contributed by atoms with Crippen LogP contribution in [0.4, 0.5) is 0 Å². The predicted octanol–water partition coefficient (Wildman–Crippen LogP) is 1.44. The van der Waals surface area contributed by atoms with Crippen molar-refractivity contribution in [2.75, 3.05) is 27.2 Å². The summed E-state index contributed by atoms with van der Waals surface area (Å²) in [5.74, 6) is 0.950. The molecule has 0 aliphatic carbocycles. The van der Waals surface area contributed by atoms with Gasteiger partial charge >= 0.3 is 0 Å². The second-order valence-corrected chi connectivity index (χ2v) is 4.38. The zero-order chi connectivity index (χ0) is 13.5. The Morgan fingerprint density at radius 3 is 2.72 bits per heavy atom. The lowest BCUT2D eigenvalue weighted by atomic mass is 10.2. The molecule has 0 aromatic heterocycles. The topological polar surface area (TPSA) is 41.6 Å². The van der Waals surface area contributed by atoms with E-state index in [1.165, 1.54) is 0 Å². The Morgan fingerprint density at radius 2 is 2.11 bits per heavy atom. The molecule has 100 valence electrons. The van der Waals surface area contributed by atoms with E-state index >= 15 is 0 Å². The third-order valence-electron chi connectivity index (χ3n) is 2.96. The number of amides is 1. The first-order valence-corrected chi connectivity index (χ1v) is 6.17. The average Bonchev–Trinajstić information content (AvgIpc) is 2.39. The van der Waals surface area contributed by atoms with Crippen LogP contribution in [0.25, 0.3) is 0 Å². The first-order chi connectivity index (χ1) is 8.56. The second kappa shape index (κ2) is 7.01. The van der Waals surface area contributed by atoms with Crippen molar-refractivity contribution >= 4 is 5.91 Å². The molecule has 1 unspecified atom stereocenters. The van der Waals surface area contributed by atoms with Gasteiger partial charge in [-0.25, -0.2) is 0 Å². The van der Waals surface area contributed by atoms with Gasteiger partial charge < -0.3 is 15.0 Å². The van der Waals surface area contributed by atoms with Gasteiger partial charge in [0, 0.05) is 7.05 Å². The number of carbonyl (C=O) groups is 1. The van der Waals surface area contributed by atoms with Crippen molar-refractivity contribution < 1.29 is 9.53 Å². The van der Waals surface area contributed by atoms with Gasteiger partial charge in [0.2, 0.25) is 5.91 Å². The van der Waals surface area contributed by atoms with Crippen LogP contribution in [0.5, 0.6) is 5.75 Å². The largest absolute Gasteiger partial charge is 0.491 e. The number of carbonyl (C=O) groups excluding carboxylic acids is 1. The lowest BCUT2D eigenvalue weighted by Crippen LogP contribution is -2.43. The van der Waals surface area contributed by atoms with Crippen LogP contribution in [0.1, 0.15) is 12.5 Å². The SMILES string of the molecule is CNC(C)C(=O)N(C)CCOc1ccccc1C. The molecule has 1 aromatic rings. The molecule has 0 saturated heterocycles. The summed E-state index contributed by atoms with van der Waals surface area (Å²) < 4.78 is 5.66. The Bertz CT molecular complexity index is 393. The first-order valence-electron chi connectivity index (χ1n) is 6.17. The molecule has 0 aliphatic rings. The van der Waals surface area contributed by atoms with Crippen molar-refractivity contribution in [2.45, 2.75) is 19.9 Å². The van der Waals surface area contributed by atoms with E-state index < -0.39 is 0 Å². The summed E-state index contributed by atoms with van der Waals surface area (Å²) in [6, 6.07) is 7.71. The van der Waals surface area contributed by atoms with Crippen LogP contribution in [0, 0.1) is 6.92 Å². The molecule has 1 amide bonds. The molecule has 0 spiro atoms. The third-order valence-corrected chi connectivity index (χ3v) is 2.96. The van der Waals surface area contributed by atoms with Crippen molar-refractivity contribution in [3.05, 3.63) is 29.8 Å². The number of para-hydroxylation sites is 1. The summed E-state index contributed by atoms with van der Waals surface area (Å²) >= 11 is 0. The third kappa shape index (κ3) is 4.04. The van der Waals surface area contributed by atoms with E-state index in [0.717, 1.165) is 11.3 Å². The smallest absolute Gasteiger partial charge is 0.239 e. The van der Waals surface area contributed by atoms with E-state index in [9.17, 15) is 4.79 Å².